The van der Waals surface area contributed by atoms with E-state index in [0.29, 0.717) is 6.42 Å². The van der Waals surface area contributed by atoms with Gasteiger partial charge in [0.2, 0.25) is 5.91 Å². The number of aromatic nitrogens is 1. The Labute approximate surface area is 101 Å². The van der Waals surface area contributed by atoms with Crippen LogP contribution in [0.3, 0.4) is 0 Å². The maximum atomic E-state index is 12.1. The summed E-state index contributed by atoms with van der Waals surface area (Å²) in [4.78, 5) is 16.3. The largest absolute Gasteiger partial charge is 0.361 e. The number of carbonyl (C=O) groups is 1. The first-order chi connectivity index (χ1) is 8.08. The predicted molar refractivity (Wildman–Crippen MR) is 63.8 cm³/mol. The normalized spacial score (nSPS) is 17.5. The smallest absolute Gasteiger partial charge is 0.227 e. The van der Waals surface area contributed by atoms with Gasteiger partial charge in [-0.25, -0.2) is 0 Å². The van der Waals surface area contributed by atoms with E-state index in [4.69, 9.17) is 4.52 Å². The molecule has 0 aliphatic carbocycles. The van der Waals surface area contributed by atoms with E-state index >= 15 is 0 Å². The van der Waals surface area contributed by atoms with Gasteiger partial charge in [0.05, 0.1) is 12.1 Å². The zero-order valence-electron chi connectivity index (χ0n) is 10.7. The molecule has 1 aromatic heterocycles. The molecule has 0 radical (unpaired) electrons. The molecule has 1 amide bonds. The van der Waals surface area contributed by atoms with E-state index < -0.39 is 0 Å². The second-order valence-electron chi connectivity index (χ2n) is 4.66. The Morgan fingerprint density at radius 2 is 1.94 bits per heavy atom. The maximum Gasteiger partial charge on any atom is 0.227 e. The summed E-state index contributed by atoms with van der Waals surface area (Å²) in [5, 5.41) is 3.87. The summed E-state index contributed by atoms with van der Waals surface area (Å²) in [7, 11) is 2.08. The Bertz CT molecular complexity index is 386. The van der Waals surface area contributed by atoms with Crippen molar-refractivity contribution in [3.05, 3.63) is 17.0 Å². The molecule has 17 heavy (non-hydrogen) atoms. The van der Waals surface area contributed by atoms with E-state index in [-0.39, 0.29) is 5.91 Å². The minimum atomic E-state index is 0.174. The third-order valence-electron chi connectivity index (χ3n) is 3.37. The van der Waals surface area contributed by atoms with Crippen LogP contribution < -0.4 is 0 Å². The Morgan fingerprint density at radius 3 is 2.47 bits per heavy atom. The molecular formula is C12H19N3O2. The van der Waals surface area contributed by atoms with Crippen LogP contribution in [-0.4, -0.2) is 54.1 Å². The molecule has 5 nitrogen and oxygen atoms in total. The van der Waals surface area contributed by atoms with E-state index in [0.717, 1.165) is 43.2 Å². The summed E-state index contributed by atoms with van der Waals surface area (Å²) in [5.41, 5.74) is 1.76. The molecular weight excluding hydrogens is 218 g/mol. The molecule has 1 aliphatic rings. The van der Waals surface area contributed by atoms with Crippen LogP contribution in [0, 0.1) is 13.8 Å². The summed E-state index contributed by atoms with van der Waals surface area (Å²) in [6.07, 6.45) is 0.408. The van der Waals surface area contributed by atoms with E-state index in [1.54, 1.807) is 0 Å². The minimum absolute atomic E-state index is 0.174. The predicted octanol–water partition coefficient (Wildman–Crippen LogP) is 0.608. The van der Waals surface area contributed by atoms with Crippen LogP contribution in [0.1, 0.15) is 17.0 Å². The van der Waals surface area contributed by atoms with Crippen molar-refractivity contribution in [1.82, 2.24) is 15.0 Å². The van der Waals surface area contributed by atoms with Crippen LogP contribution in [0.4, 0.5) is 0 Å². The van der Waals surface area contributed by atoms with Gasteiger partial charge in [0.1, 0.15) is 5.76 Å². The minimum Gasteiger partial charge on any atom is -0.361 e. The van der Waals surface area contributed by atoms with Crippen LogP contribution in [-0.2, 0) is 11.2 Å². The molecule has 0 atom stereocenters. The van der Waals surface area contributed by atoms with Gasteiger partial charge in [0, 0.05) is 31.7 Å². The van der Waals surface area contributed by atoms with Crippen molar-refractivity contribution in [3.63, 3.8) is 0 Å². The highest BCUT2D eigenvalue weighted by molar-refractivity contribution is 5.79. The van der Waals surface area contributed by atoms with Gasteiger partial charge in [-0.3, -0.25) is 4.79 Å². The van der Waals surface area contributed by atoms with E-state index in [1.807, 2.05) is 18.7 Å². The Morgan fingerprint density at radius 1 is 1.29 bits per heavy atom. The quantitative estimate of drug-likeness (QED) is 0.756. The molecule has 5 heteroatoms. The zero-order chi connectivity index (χ0) is 12.4. The fraction of sp³-hybridized carbons (Fsp3) is 0.667. The first-order valence-corrected chi connectivity index (χ1v) is 5.96. The van der Waals surface area contributed by atoms with Gasteiger partial charge in [-0.15, -0.1) is 0 Å². The number of nitrogens with zero attached hydrogens (tertiary/aromatic N) is 3. The molecule has 0 spiro atoms. The van der Waals surface area contributed by atoms with Crippen LogP contribution >= 0.6 is 0 Å². The summed E-state index contributed by atoms with van der Waals surface area (Å²) in [6.45, 7) is 7.27. The molecule has 0 saturated carbocycles. The van der Waals surface area contributed by atoms with Gasteiger partial charge in [-0.05, 0) is 20.9 Å². The third kappa shape index (κ3) is 2.66. The number of piperazine rings is 1. The molecule has 2 rings (SSSR count). The van der Waals surface area contributed by atoms with Gasteiger partial charge in [-0.1, -0.05) is 5.16 Å². The maximum absolute atomic E-state index is 12.1. The van der Waals surface area contributed by atoms with Gasteiger partial charge in [0.25, 0.3) is 0 Å². The number of hydrogen-bond acceptors (Lipinski definition) is 4. The highest BCUT2D eigenvalue weighted by Crippen LogP contribution is 2.14. The fourth-order valence-corrected chi connectivity index (χ4v) is 2.07. The highest BCUT2D eigenvalue weighted by atomic mass is 16.5. The molecule has 94 valence electrons. The van der Waals surface area contributed by atoms with Crippen molar-refractivity contribution in [1.29, 1.82) is 0 Å². The van der Waals surface area contributed by atoms with Crippen molar-refractivity contribution < 1.29 is 9.32 Å². The van der Waals surface area contributed by atoms with Crippen molar-refractivity contribution in [2.24, 2.45) is 0 Å². The van der Waals surface area contributed by atoms with Gasteiger partial charge in [-0.2, -0.15) is 0 Å². The van der Waals surface area contributed by atoms with Crippen molar-refractivity contribution in [3.8, 4) is 0 Å². The lowest BCUT2D eigenvalue weighted by Gasteiger charge is -2.32. The zero-order valence-corrected chi connectivity index (χ0v) is 10.7. The molecule has 1 aromatic rings. The SMILES string of the molecule is Cc1noc(C)c1CC(=O)N1CCN(C)CC1. The molecule has 1 aliphatic heterocycles. The standard InChI is InChI=1S/C12H19N3O2/c1-9-11(10(2)17-13-9)8-12(16)15-6-4-14(3)5-7-15/h4-8H2,1-3H3. The number of aryl methyl sites for hydroxylation is 2. The van der Waals surface area contributed by atoms with Crippen LogP contribution in [0.15, 0.2) is 4.52 Å². The van der Waals surface area contributed by atoms with Crippen molar-refractivity contribution in [2.75, 3.05) is 33.2 Å². The van der Waals surface area contributed by atoms with Gasteiger partial charge < -0.3 is 14.3 Å². The Balaban J connectivity index is 1.98. The van der Waals surface area contributed by atoms with Crippen LogP contribution in [0.25, 0.3) is 0 Å². The summed E-state index contributed by atoms with van der Waals surface area (Å²) < 4.78 is 5.07. The summed E-state index contributed by atoms with van der Waals surface area (Å²) in [5.74, 6) is 0.928. The topological polar surface area (TPSA) is 49.6 Å². The second kappa shape index (κ2) is 4.87. The van der Waals surface area contributed by atoms with E-state index in [1.165, 1.54) is 0 Å². The van der Waals surface area contributed by atoms with E-state index in [2.05, 4.69) is 17.1 Å². The van der Waals surface area contributed by atoms with Crippen molar-refractivity contribution in [2.45, 2.75) is 20.3 Å². The average molecular weight is 237 g/mol. The second-order valence-corrected chi connectivity index (χ2v) is 4.66. The molecule has 0 aromatic carbocycles. The number of carbonyl (C=O) groups excluding carboxylic acids is 1. The molecule has 0 N–H and O–H groups in total. The average Bonchev–Trinajstić information content (AvgIpc) is 2.61. The lowest BCUT2D eigenvalue weighted by molar-refractivity contribution is -0.132. The third-order valence-corrected chi connectivity index (χ3v) is 3.37. The van der Waals surface area contributed by atoms with Crippen LogP contribution in [0.5, 0.6) is 0 Å². The molecule has 1 saturated heterocycles. The monoisotopic (exact) mass is 237 g/mol. The van der Waals surface area contributed by atoms with Gasteiger partial charge >= 0.3 is 0 Å². The number of amides is 1. The fourth-order valence-electron chi connectivity index (χ4n) is 2.07. The number of rotatable bonds is 2. The Kier molecular flexibility index (Phi) is 3.47. The number of hydrogen-bond donors (Lipinski definition) is 0. The van der Waals surface area contributed by atoms with E-state index in [9.17, 15) is 4.79 Å². The lowest BCUT2D eigenvalue weighted by Crippen LogP contribution is -2.47. The first-order valence-electron chi connectivity index (χ1n) is 5.96. The van der Waals surface area contributed by atoms with Crippen molar-refractivity contribution >= 4 is 5.91 Å². The molecule has 0 bridgehead atoms. The highest BCUT2D eigenvalue weighted by Gasteiger charge is 2.21. The summed E-state index contributed by atoms with van der Waals surface area (Å²) >= 11 is 0. The lowest BCUT2D eigenvalue weighted by atomic mass is 10.1. The van der Waals surface area contributed by atoms with Crippen LogP contribution in [0.2, 0.25) is 0 Å². The Hall–Kier alpha value is -1.36. The van der Waals surface area contributed by atoms with Gasteiger partial charge in [0.15, 0.2) is 0 Å². The first kappa shape index (κ1) is 12.1. The summed E-state index contributed by atoms with van der Waals surface area (Å²) in [6, 6.07) is 0. The molecule has 2 heterocycles. The molecule has 0 unspecified atom stereocenters. The number of likely N-dealkylation sites (N-methyl/N-ethyl adjacent to an activating group) is 1. The molecule has 1 fully saturated rings.